The summed E-state index contributed by atoms with van der Waals surface area (Å²) in [6, 6.07) is 0. The predicted octanol–water partition coefficient (Wildman–Crippen LogP) is -0.304. The van der Waals surface area contributed by atoms with Gasteiger partial charge < -0.3 is 15.2 Å². The minimum absolute atomic E-state index is 0. The van der Waals surface area contributed by atoms with Gasteiger partial charge in [-0.25, -0.2) is 0 Å². The molecule has 5 heteroatoms. The summed E-state index contributed by atoms with van der Waals surface area (Å²) in [7, 11) is 1.41. The lowest BCUT2D eigenvalue weighted by molar-refractivity contribution is -0.157. The van der Waals surface area contributed by atoms with Crippen molar-refractivity contribution in [1.29, 1.82) is 0 Å². The Balaban J connectivity index is 0.000000845. The smallest absolute Gasteiger partial charge is 0.313 e. The Morgan fingerprint density at radius 2 is 2.23 bits per heavy atom. The zero-order valence-electron chi connectivity index (χ0n) is 7.50. The molecule has 2 N–H and O–H groups in total. The van der Waals surface area contributed by atoms with Crippen LogP contribution in [0.5, 0.6) is 0 Å². The molecule has 0 aromatic heterocycles. The molecule has 2 heterocycles. The Morgan fingerprint density at radius 3 is 2.62 bits per heavy atom. The number of rotatable bonds is 2. The zero-order valence-corrected chi connectivity index (χ0v) is 8.32. The number of carbonyl (C=O) groups excluding carboxylic acids is 1. The summed E-state index contributed by atoms with van der Waals surface area (Å²) in [4.78, 5) is 11.3. The summed E-state index contributed by atoms with van der Waals surface area (Å²) in [5, 5.41) is 12.2. The Bertz CT molecular complexity index is 225. The molecule has 3 aliphatic rings. The van der Waals surface area contributed by atoms with Gasteiger partial charge in [-0.2, -0.15) is 0 Å². The van der Waals surface area contributed by atoms with Gasteiger partial charge in [-0.3, -0.25) is 4.79 Å². The number of nitrogens with one attached hydrogen (secondary N) is 1. The van der Waals surface area contributed by atoms with E-state index >= 15 is 0 Å². The van der Waals surface area contributed by atoms with Gasteiger partial charge in [0.15, 0.2) is 0 Å². The van der Waals surface area contributed by atoms with E-state index in [0.717, 1.165) is 12.8 Å². The minimum atomic E-state index is -0.322. The standard InChI is InChI=1S/C8H13NO3.ClH/c1-12-6(11)7-2-8(3-7,5-10)9-4-7;/h9-10H,2-5H2,1H3;1H. The summed E-state index contributed by atoms with van der Waals surface area (Å²) in [6.07, 6.45) is 1.45. The molecule has 4 nitrogen and oxygen atoms in total. The third-order valence-corrected chi connectivity index (χ3v) is 3.08. The number of halogens is 1. The summed E-state index contributed by atoms with van der Waals surface area (Å²) < 4.78 is 4.70. The van der Waals surface area contributed by atoms with E-state index in [1.54, 1.807) is 0 Å². The van der Waals surface area contributed by atoms with Crippen molar-refractivity contribution in [3.63, 3.8) is 0 Å². The van der Waals surface area contributed by atoms with Gasteiger partial charge in [0.1, 0.15) is 0 Å². The normalized spacial score (nSPS) is 40.5. The first kappa shape index (κ1) is 10.8. The highest BCUT2D eigenvalue weighted by Crippen LogP contribution is 2.54. The first-order valence-corrected chi connectivity index (χ1v) is 4.11. The number of esters is 1. The third kappa shape index (κ3) is 1.24. The molecule has 0 atom stereocenters. The van der Waals surface area contributed by atoms with Gasteiger partial charge in [-0.1, -0.05) is 0 Å². The van der Waals surface area contributed by atoms with Crippen molar-refractivity contribution in [3.05, 3.63) is 0 Å². The SMILES string of the molecule is COC(=O)C12CNC(CO)(C1)C2.Cl. The van der Waals surface area contributed by atoms with Gasteiger partial charge >= 0.3 is 5.97 Å². The molecule has 2 aliphatic heterocycles. The number of ether oxygens (including phenoxy) is 1. The maximum absolute atomic E-state index is 11.3. The van der Waals surface area contributed by atoms with Crippen LogP contribution in [0.1, 0.15) is 12.8 Å². The lowest BCUT2D eigenvalue weighted by atomic mass is 9.62. The highest BCUT2D eigenvalue weighted by Gasteiger charge is 2.65. The maximum atomic E-state index is 11.3. The van der Waals surface area contributed by atoms with Crippen LogP contribution in [-0.2, 0) is 9.53 Å². The Morgan fingerprint density at radius 1 is 1.62 bits per heavy atom. The average Bonchev–Trinajstić information content (AvgIpc) is 2.57. The molecule has 76 valence electrons. The van der Waals surface area contributed by atoms with E-state index in [2.05, 4.69) is 5.32 Å². The summed E-state index contributed by atoms with van der Waals surface area (Å²) in [5.41, 5.74) is -0.494. The van der Waals surface area contributed by atoms with Gasteiger partial charge in [0.05, 0.1) is 19.1 Å². The van der Waals surface area contributed by atoms with E-state index in [1.165, 1.54) is 7.11 Å². The zero-order chi connectivity index (χ0) is 8.82. The molecule has 1 saturated carbocycles. The molecule has 0 aromatic rings. The number of hydrogen-bond donors (Lipinski definition) is 2. The first-order valence-electron chi connectivity index (χ1n) is 4.11. The fraction of sp³-hybridized carbons (Fsp3) is 0.875. The highest BCUT2D eigenvalue weighted by molar-refractivity contribution is 5.85. The molecule has 13 heavy (non-hydrogen) atoms. The van der Waals surface area contributed by atoms with Gasteiger partial charge in [0, 0.05) is 12.1 Å². The number of carbonyl (C=O) groups is 1. The van der Waals surface area contributed by atoms with Crippen LogP contribution in [0.15, 0.2) is 0 Å². The highest BCUT2D eigenvalue weighted by atomic mass is 35.5. The van der Waals surface area contributed by atoms with Crippen molar-refractivity contribution in [2.75, 3.05) is 20.3 Å². The first-order chi connectivity index (χ1) is 5.66. The van der Waals surface area contributed by atoms with Crippen molar-refractivity contribution in [1.82, 2.24) is 5.32 Å². The molecule has 3 fully saturated rings. The Labute approximate surface area is 83.1 Å². The van der Waals surface area contributed by atoms with Crippen molar-refractivity contribution in [2.24, 2.45) is 5.41 Å². The largest absolute Gasteiger partial charge is 0.469 e. The third-order valence-electron chi connectivity index (χ3n) is 3.08. The second-order valence-electron chi connectivity index (χ2n) is 3.92. The number of aliphatic hydroxyl groups is 1. The van der Waals surface area contributed by atoms with Crippen LogP contribution >= 0.6 is 12.4 Å². The minimum Gasteiger partial charge on any atom is -0.469 e. The van der Waals surface area contributed by atoms with E-state index in [0.29, 0.717) is 6.54 Å². The second-order valence-corrected chi connectivity index (χ2v) is 3.92. The van der Waals surface area contributed by atoms with Crippen LogP contribution in [0.2, 0.25) is 0 Å². The lowest BCUT2D eigenvalue weighted by Crippen LogP contribution is -2.53. The predicted molar refractivity (Wildman–Crippen MR) is 48.8 cm³/mol. The Kier molecular flexibility index (Phi) is 2.58. The van der Waals surface area contributed by atoms with Crippen molar-refractivity contribution in [2.45, 2.75) is 18.4 Å². The molecule has 0 unspecified atom stereocenters. The van der Waals surface area contributed by atoms with Crippen LogP contribution in [0.25, 0.3) is 0 Å². The number of aliphatic hydroxyl groups excluding tert-OH is 1. The number of hydrogen-bond acceptors (Lipinski definition) is 4. The summed E-state index contributed by atoms with van der Waals surface area (Å²) >= 11 is 0. The van der Waals surface area contributed by atoms with Crippen LogP contribution in [0.3, 0.4) is 0 Å². The summed E-state index contributed by atoms with van der Waals surface area (Å²) in [5.74, 6) is -0.142. The van der Waals surface area contributed by atoms with Crippen LogP contribution in [0, 0.1) is 5.41 Å². The number of methoxy groups -OCH3 is 1. The molecule has 2 saturated heterocycles. The van der Waals surface area contributed by atoms with Crippen molar-refractivity contribution in [3.8, 4) is 0 Å². The monoisotopic (exact) mass is 207 g/mol. The fourth-order valence-electron chi connectivity index (χ4n) is 2.45. The van der Waals surface area contributed by atoms with Gasteiger partial charge in [-0.15, -0.1) is 12.4 Å². The van der Waals surface area contributed by atoms with Crippen LogP contribution in [0.4, 0.5) is 0 Å². The molecule has 2 bridgehead atoms. The topological polar surface area (TPSA) is 58.6 Å². The van der Waals surface area contributed by atoms with Crippen LogP contribution < -0.4 is 5.32 Å². The van der Waals surface area contributed by atoms with E-state index < -0.39 is 0 Å². The molecule has 1 aliphatic carbocycles. The molecular formula is C8H14ClNO3. The van der Waals surface area contributed by atoms with Crippen molar-refractivity contribution >= 4 is 18.4 Å². The average molecular weight is 208 g/mol. The summed E-state index contributed by atoms with van der Waals surface area (Å²) in [6.45, 7) is 0.770. The second kappa shape index (κ2) is 3.12. The van der Waals surface area contributed by atoms with Gasteiger partial charge in [-0.05, 0) is 12.8 Å². The molecule has 0 amide bonds. The molecule has 0 spiro atoms. The van der Waals surface area contributed by atoms with Crippen LogP contribution in [-0.4, -0.2) is 36.9 Å². The Hall–Kier alpha value is -0.320. The lowest BCUT2D eigenvalue weighted by Gasteiger charge is -2.42. The van der Waals surface area contributed by atoms with Crippen molar-refractivity contribution < 1.29 is 14.6 Å². The molecule has 0 radical (unpaired) electrons. The fourth-order valence-corrected chi connectivity index (χ4v) is 2.45. The molecule has 3 rings (SSSR count). The molecule has 0 aromatic carbocycles. The van der Waals surface area contributed by atoms with Gasteiger partial charge in [0.25, 0.3) is 0 Å². The van der Waals surface area contributed by atoms with E-state index in [1.807, 2.05) is 0 Å². The maximum Gasteiger partial charge on any atom is 0.313 e. The van der Waals surface area contributed by atoms with E-state index in [4.69, 9.17) is 9.84 Å². The van der Waals surface area contributed by atoms with Gasteiger partial charge in [0.2, 0.25) is 0 Å². The number of fused-ring (bicyclic) bond motifs is 1. The van der Waals surface area contributed by atoms with E-state index in [-0.39, 0.29) is 35.9 Å². The molecular weight excluding hydrogens is 194 g/mol. The van der Waals surface area contributed by atoms with E-state index in [9.17, 15) is 4.79 Å². The quantitative estimate of drug-likeness (QED) is 0.611.